The van der Waals surface area contributed by atoms with Crippen LogP contribution < -0.4 is 4.74 Å². The SMILES string of the molecule is CCC[C@H](c1coc2c(CO[Si](C)(C)C(C)(C)C)c(OCc3ccccc3)c(CC(C)C)cc12)[C@@H]1C[C@@H](O[Si](C)(C)C(C)(C)C)C2(OC2CC)C(=O)O1. The fraction of sp³-hybridized carbons (Fsp3) is 0.659. The highest BCUT2D eigenvalue weighted by Gasteiger charge is 2.71. The van der Waals surface area contributed by atoms with E-state index >= 15 is 0 Å². The molecule has 1 spiro atoms. The van der Waals surface area contributed by atoms with Crippen LogP contribution in [-0.2, 0) is 42.8 Å². The van der Waals surface area contributed by atoms with E-state index in [1.165, 1.54) is 0 Å². The highest BCUT2D eigenvalue weighted by Crippen LogP contribution is 2.53. The van der Waals surface area contributed by atoms with Crippen molar-refractivity contribution in [3.63, 3.8) is 0 Å². The number of ether oxygens (including phenoxy) is 3. The molecule has 53 heavy (non-hydrogen) atoms. The molecular formula is C44H68O7Si2. The molecule has 5 rings (SSSR count). The first-order chi connectivity index (χ1) is 24.7. The van der Waals surface area contributed by atoms with Crippen molar-refractivity contribution in [2.75, 3.05) is 0 Å². The van der Waals surface area contributed by atoms with Crippen molar-refractivity contribution in [2.24, 2.45) is 5.92 Å². The van der Waals surface area contributed by atoms with E-state index in [2.05, 4.69) is 114 Å². The van der Waals surface area contributed by atoms with Gasteiger partial charge in [-0.25, -0.2) is 4.79 Å². The quantitative estimate of drug-likeness (QED) is 0.0866. The van der Waals surface area contributed by atoms with Crippen LogP contribution >= 0.6 is 0 Å². The van der Waals surface area contributed by atoms with E-state index in [1.807, 2.05) is 24.5 Å². The maximum atomic E-state index is 14.1. The lowest BCUT2D eigenvalue weighted by molar-refractivity contribution is -0.173. The van der Waals surface area contributed by atoms with Crippen molar-refractivity contribution in [2.45, 2.75) is 181 Å². The Morgan fingerprint density at radius 2 is 1.60 bits per heavy atom. The lowest BCUT2D eigenvalue weighted by Gasteiger charge is -2.44. The fourth-order valence-corrected chi connectivity index (χ4v) is 9.58. The van der Waals surface area contributed by atoms with Crippen LogP contribution in [0.4, 0.5) is 0 Å². The van der Waals surface area contributed by atoms with Gasteiger partial charge in [0.2, 0.25) is 5.60 Å². The molecule has 2 saturated heterocycles. The monoisotopic (exact) mass is 764 g/mol. The minimum atomic E-state index is -2.24. The highest BCUT2D eigenvalue weighted by molar-refractivity contribution is 6.74. The number of hydrogen-bond acceptors (Lipinski definition) is 7. The van der Waals surface area contributed by atoms with Gasteiger partial charge in [0.15, 0.2) is 16.6 Å². The van der Waals surface area contributed by atoms with Crippen molar-refractivity contribution in [3.8, 4) is 5.75 Å². The van der Waals surface area contributed by atoms with Crippen LogP contribution in [0.5, 0.6) is 5.75 Å². The van der Waals surface area contributed by atoms with Gasteiger partial charge >= 0.3 is 5.97 Å². The van der Waals surface area contributed by atoms with Crippen molar-refractivity contribution in [1.82, 2.24) is 0 Å². The standard InChI is InChI=1S/C44H68O7Si2/c1-15-20-32(36-25-38(51-53(13,14)43(8,9)10)44(41(45)49-36)37(16-2)50-44)34-27-47-40-33(34)24-31(23-29(3)4)39(46-26-30-21-18-17-19-22-30)35(40)28-48-52(11,12)42(5,6)7/h17-19,21-22,24,27,29,32,36-38H,15-16,20,23,25-26,28H2,1-14H3/t32-,36+,37?,38-,44?/m1/s1. The van der Waals surface area contributed by atoms with E-state index in [4.69, 9.17) is 27.5 Å². The minimum Gasteiger partial charge on any atom is -0.488 e. The molecule has 2 unspecified atom stereocenters. The third-order valence-corrected chi connectivity index (χ3v) is 21.5. The summed E-state index contributed by atoms with van der Waals surface area (Å²) >= 11 is 0. The molecule has 2 fully saturated rings. The first-order valence-corrected chi connectivity index (χ1v) is 25.9. The van der Waals surface area contributed by atoms with Gasteiger partial charge in [0.1, 0.15) is 30.1 Å². The summed E-state index contributed by atoms with van der Waals surface area (Å²) in [5.41, 5.74) is 4.05. The average Bonchev–Trinajstić information content (AvgIpc) is 3.66. The van der Waals surface area contributed by atoms with Crippen LogP contribution in [0.2, 0.25) is 36.3 Å². The summed E-state index contributed by atoms with van der Waals surface area (Å²) < 4.78 is 40.1. The Hall–Kier alpha value is -2.44. The number of carbonyl (C=O) groups is 1. The van der Waals surface area contributed by atoms with Gasteiger partial charge in [0, 0.05) is 23.3 Å². The first kappa shape index (κ1) is 41.7. The molecule has 0 aliphatic carbocycles. The Kier molecular flexibility index (Phi) is 12.3. The Bertz CT molecular complexity index is 1720. The normalized spacial score (nSPS) is 23.2. The summed E-state index contributed by atoms with van der Waals surface area (Å²) in [5, 5.41) is 1.08. The molecule has 2 aliphatic rings. The summed E-state index contributed by atoms with van der Waals surface area (Å²) in [4.78, 5) is 14.1. The molecular weight excluding hydrogens is 697 g/mol. The second kappa shape index (κ2) is 15.6. The third-order valence-electron chi connectivity index (χ3n) is 12.6. The zero-order valence-electron chi connectivity index (χ0n) is 35.2. The van der Waals surface area contributed by atoms with Crippen LogP contribution in [-0.4, -0.2) is 46.5 Å². The average molecular weight is 765 g/mol. The maximum Gasteiger partial charge on any atom is 0.344 e. The van der Waals surface area contributed by atoms with Crippen LogP contribution in [0.3, 0.4) is 0 Å². The van der Waals surface area contributed by atoms with E-state index < -0.39 is 22.2 Å². The zero-order chi connectivity index (χ0) is 39.1. The van der Waals surface area contributed by atoms with Gasteiger partial charge in [-0.1, -0.05) is 106 Å². The Balaban J connectivity index is 1.61. The molecule has 2 aliphatic heterocycles. The summed E-state index contributed by atoms with van der Waals surface area (Å²) in [5.74, 6) is 0.895. The molecule has 2 aromatic carbocycles. The van der Waals surface area contributed by atoms with Crippen molar-refractivity contribution >= 4 is 33.6 Å². The van der Waals surface area contributed by atoms with E-state index in [-0.39, 0.29) is 40.3 Å². The van der Waals surface area contributed by atoms with Crippen LogP contribution in [0.1, 0.15) is 123 Å². The van der Waals surface area contributed by atoms with E-state index in [0.29, 0.717) is 25.6 Å². The number of cyclic esters (lactones) is 1. The number of hydrogen-bond donors (Lipinski definition) is 0. The molecule has 0 saturated carbocycles. The topological polar surface area (TPSA) is 79.7 Å². The molecule has 3 aromatic rings. The molecule has 9 heteroatoms. The number of benzene rings is 2. The number of fused-ring (bicyclic) bond motifs is 1. The third kappa shape index (κ3) is 8.54. The van der Waals surface area contributed by atoms with Crippen LogP contribution in [0, 0.1) is 5.92 Å². The van der Waals surface area contributed by atoms with Crippen molar-refractivity contribution < 1.29 is 32.3 Å². The summed E-state index contributed by atoms with van der Waals surface area (Å²) in [6.45, 7) is 32.2. The molecule has 5 atom stereocenters. The summed E-state index contributed by atoms with van der Waals surface area (Å²) in [6.07, 6.45) is 4.93. The second-order valence-electron chi connectivity index (χ2n) is 19.1. The smallest absolute Gasteiger partial charge is 0.344 e. The largest absolute Gasteiger partial charge is 0.488 e. The Morgan fingerprint density at radius 1 is 0.943 bits per heavy atom. The second-order valence-corrected chi connectivity index (χ2v) is 28.6. The molecule has 0 N–H and O–H groups in total. The molecule has 0 radical (unpaired) electrons. The van der Waals surface area contributed by atoms with Crippen molar-refractivity contribution in [3.05, 3.63) is 64.9 Å². The van der Waals surface area contributed by atoms with Gasteiger partial charge in [-0.05, 0) is 78.6 Å². The number of carbonyl (C=O) groups excluding carboxylic acids is 1. The Morgan fingerprint density at radius 3 is 2.17 bits per heavy atom. The van der Waals surface area contributed by atoms with Gasteiger partial charge in [-0.2, -0.15) is 0 Å². The molecule has 1 aromatic heterocycles. The van der Waals surface area contributed by atoms with Crippen LogP contribution in [0.25, 0.3) is 11.0 Å². The van der Waals surface area contributed by atoms with Gasteiger partial charge in [-0.3, -0.25) is 0 Å². The maximum absolute atomic E-state index is 14.1. The molecule has 294 valence electrons. The van der Waals surface area contributed by atoms with E-state index in [0.717, 1.165) is 64.7 Å². The van der Waals surface area contributed by atoms with E-state index in [9.17, 15) is 4.79 Å². The lowest BCUT2D eigenvalue weighted by Crippen LogP contribution is -2.57. The van der Waals surface area contributed by atoms with E-state index in [1.54, 1.807) is 0 Å². The predicted octanol–water partition coefficient (Wildman–Crippen LogP) is 11.9. The van der Waals surface area contributed by atoms with Gasteiger partial charge in [0.05, 0.1) is 24.5 Å². The minimum absolute atomic E-state index is 0.0127. The fourth-order valence-electron chi connectivity index (χ4n) is 7.30. The van der Waals surface area contributed by atoms with Crippen LogP contribution in [0.15, 0.2) is 47.1 Å². The number of rotatable bonds is 15. The Labute approximate surface area is 322 Å². The lowest BCUT2D eigenvalue weighted by atomic mass is 9.81. The predicted molar refractivity (Wildman–Crippen MR) is 220 cm³/mol. The van der Waals surface area contributed by atoms with Gasteiger partial charge < -0.3 is 27.5 Å². The summed E-state index contributed by atoms with van der Waals surface area (Å²) in [6, 6.07) is 12.6. The number of esters is 1. The summed E-state index contributed by atoms with van der Waals surface area (Å²) in [7, 11) is -4.38. The van der Waals surface area contributed by atoms with Gasteiger partial charge in [0.25, 0.3) is 0 Å². The molecule has 0 bridgehead atoms. The van der Waals surface area contributed by atoms with Gasteiger partial charge in [-0.15, -0.1) is 0 Å². The highest BCUT2D eigenvalue weighted by atomic mass is 28.4. The first-order valence-electron chi connectivity index (χ1n) is 20.1. The number of epoxide rings is 1. The van der Waals surface area contributed by atoms with Crippen molar-refractivity contribution in [1.29, 1.82) is 0 Å². The molecule has 0 amide bonds. The number of furan rings is 1. The molecule has 3 heterocycles. The molecule has 7 nitrogen and oxygen atoms in total. The zero-order valence-corrected chi connectivity index (χ0v) is 37.2.